The van der Waals surface area contributed by atoms with Crippen molar-refractivity contribution in [3.05, 3.63) is 29.8 Å². The fourth-order valence-corrected chi connectivity index (χ4v) is 3.62. The summed E-state index contributed by atoms with van der Waals surface area (Å²) >= 11 is 0. The molecule has 1 unspecified atom stereocenters. The van der Waals surface area contributed by atoms with Crippen LogP contribution < -0.4 is 5.32 Å². The molecule has 0 aromatic heterocycles. The Balaban J connectivity index is 1.50. The van der Waals surface area contributed by atoms with Gasteiger partial charge in [-0.25, -0.2) is 0 Å². The third-order valence-electron chi connectivity index (χ3n) is 5.65. The molecule has 0 aliphatic carbocycles. The van der Waals surface area contributed by atoms with E-state index in [2.05, 4.69) is 48.3 Å². The van der Waals surface area contributed by atoms with Gasteiger partial charge in [0.15, 0.2) is 0 Å². The van der Waals surface area contributed by atoms with E-state index in [1.165, 1.54) is 56.6 Å². The van der Waals surface area contributed by atoms with E-state index in [0.29, 0.717) is 11.3 Å². The molecule has 0 bridgehead atoms. The van der Waals surface area contributed by atoms with Crippen molar-refractivity contribution in [1.82, 2.24) is 4.90 Å². The van der Waals surface area contributed by atoms with E-state index >= 15 is 0 Å². The van der Waals surface area contributed by atoms with E-state index in [-0.39, 0.29) is 0 Å². The van der Waals surface area contributed by atoms with E-state index in [1.54, 1.807) is 0 Å². The minimum atomic E-state index is 0.609. The van der Waals surface area contributed by atoms with Crippen molar-refractivity contribution in [3.8, 4) is 0 Å². The molecule has 2 aliphatic rings. The van der Waals surface area contributed by atoms with Crippen LogP contribution in [-0.2, 0) is 0 Å². The highest BCUT2D eigenvalue weighted by Gasteiger charge is 2.29. The number of likely N-dealkylation sites (tertiary alicyclic amines) is 1. The molecular weight excluding hydrogens is 244 g/mol. The van der Waals surface area contributed by atoms with Crippen molar-refractivity contribution in [1.29, 1.82) is 0 Å². The van der Waals surface area contributed by atoms with Crippen LogP contribution in [0.5, 0.6) is 0 Å². The molecule has 1 aromatic carbocycles. The predicted molar refractivity (Wildman–Crippen MR) is 86.4 cm³/mol. The highest BCUT2D eigenvalue weighted by molar-refractivity contribution is 5.57. The largest absolute Gasteiger partial charge is 0.384 e. The Hall–Kier alpha value is -1.02. The summed E-state index contributed by atoms with van der Waals surface area (Å²) in [6.07, 6.45) is 5.39. The third-order valence-corrected chi connectivity index (χ3v) is 5.65. The molecule has 1 aromatic rings. The molecule has 1 fully saturated rings. The number of fused-ring (bicyclic) bond motifs is 1. The van der Waals surface area contributed by atoms with Gasteiger partial charge in [0.1, 0.15) is 0 Å². The number of rotatable bonds is 4. The molecule has 3 rings (SSSR count). The quantitative estimate of drug-likeness (QED) is 0.888. The summed E-state index contributed by atoms with van der Waals surface area (Å²) in [6.45, 7) is 9.79. The molecule has 0 radical (unpaired) electrons. The summed E-state index contributed by atoms with van der Waals surface area (Å²) in [5.74, 6) is 0.714. The monoisotopic (exact) mass is 272 g/mol. The molecule has 20 heavy (non-hydrogen) atoms. The van der Waals surface area contributed by atoms with Crippen LogP contribution in [0.4, 0.5) is 5.69 Å². The fourth-order valence-electron chi connectivity index (χ4n) is 3.62. The smallest absolute Gasteiger partial charge is 0.0376 e. The van der Waals surface area contributed by atoms with Gasteiger partial charge in [-0.05, 0) is 55.9 Å². The highest BCUT2D eigenvalue weighted by Crippen LogP contribution is 2.36. The normalized spacial score (nSPS) is 25.2. The summed E-state index contributed by atoms with van der Waals surface area (Å²) in [5.41, 5.74) is 3.50. The zero-order valence-electron chi connectivity index (χ0n) is 13.0. The van der Waals surface area contributed by atoms with Gasteiger partial charge < -0.3 is 10.2 Å². The second-order valence-electron chi connectivity index (χ2n) is 6.96. The average Bonchev–Trinajstić information content (AvgIpc) is 2.90. The Bertz CT molecular complexity index is 446. The van der Waals surface area contributed by atoms with Crippen LogP contribution in [0.2, 0.25) is 0 Å². The lowest BCUT2D eigenvalue weighted by Crippen LogP contribution is -2.39. The van der Waals surface area contributed by atoms with Gasteiger partial charge in [-0.1, -0.05) is 38.5 Å². The van der Waals surface area contributed by atoms with Crippen molar-refractivity contribution < 1.29 is 0 Å². The van der Waals surface area contributed by atoms with Crippen molar-refractivity contribution in [2.45, 2.75) is 45.4 Å². The number of para-hydroxylation sites is 1. The molecule has 0 amide bonds. The van der Waals surface area contributed by atoms with Crippen molar-refractivity contribution in [3.63, 3.8) is 0 Å². The van der Waals surface area contributed by atoms with Crippen LogP contribution in [0.1, 0.15) is 51.0 Å². The lowest BCUT2D eigenvalue weighted by atomic mass is 9.78. The van der Waals surface area contributed by atoms with E-state index in [9.17, 15) is 0 Å². The van der Waals surface area contributed by atoms with Gasteiger partial charge in [-0.2, -0.15) is 0 Å². The van der Waals surface area contributed by atoms with Crippen LogP contribution in [-0.4, -0.2) is 31.1 Å². The number of hydrogen-bond acceptors (Lipinski definition) is 2. The molecule has 2 aliphatic heterocycles. The number of benzene rings is 1. The van der Waals surface area contributed by atoms with Crippen molar-refractivity contribution in [2.75, 3.05) is 31.5 Å². The molecule has 1 saturated heterocycles. The SMILES string of the molecule is CCC1(C)CCN(CCC2CNc3ccccc32)CC1. The first-order valence-electron chi connectivity index (χ1n) is 8.25. The summed E-state index contributed by atoms with van der Waals surface area (Å²) in [5, 5.41) is 3.54. The maximum atomic E-state index is 3.54. The van der Waals surface area contributed by atoms with E-state index in [4.69, 9.17) is 0 Å². The van der Waals surface area contributed by atoms with Gasteiger partial charge in [0, 0.05) is 18.2 Å². The number of piperidine rings is 1. The van der Waals surface area contributed by atoms with Gasteiger partial charge in [-0.15, -0.1) is 0 Å². The van der Waals surface area contributed by atoms with E-state index < -0.39 is 0 Å². The average molecular weight is 272 g/mol. The van der Waals surface area contributed by atoms with Gasteiger partial charge in [0.25, 0.3) is 0 Å². The molecular formula is C18H28N2. The lowest BCUT2D eigenvalue weighted by Gasteiger charge is -2.39. The predicted octanol–water partition coefficient (Wildman–Crippen LogP) is 4.10. The molecule has 0 spiro atoms. The first-order chi connectivity index (χ1) is 9.70. The molecule has 1 atom stereocenters. The van der Waals surface area contributed by atoms with Crippen LogP contribution in [0, 0.1) is 5.41 Å². The topological polar surface area (TPSA) is 15.3 Å². The van der Waals surface area contributed by atoms with Crippen LogP contribution in [0.15, 0.2) is 24.3 Å². The Labute approximate surface area is 123 Å². The van der Waals surface area contributed by atoms with E-state index in [1.807, 2.05) is 0 Å². The molecule has 2 heteroatoms. The fraction of sp³-hybridized carbons (Fsp3) is 0.667. The molecule has 2 nitrogen and oxygen atoms in total. The molecule has 110 valence electrons. The Morgan fingerprint density at radius 2 is 2.00 bits per heavy atom. The minimum absolute atomic E-state index is 0.609. The minimum Gasteiger partial charge on any atom is -0.384 e. The third kappa shape index (κ3) is 2.85. The second-order valence-corrected chi connectivity index (χ2v) is 6.96. The highest BCUT2D eigenvalue weighted by atomic mass is 15.1. The zero-order chi connectivity index (χ0) is 14.0. The van der Waals surface area contributed by atoms with Crippen molar-refractivity contribution in [2.24, 2.45) is 5.41 Å². The number of anilines is 1. The molecule has 1 N–H and O–H groups in total. The van der Waals surface area contributed by atoms with Gasteiger partial charge in [0.2, 0.25) is 0 Å². The zero-order valence-corrected chi connectivity index (χ0v) is 13.0. The van der Waals surface area contributed by atoms with Crippen LogP contribution >= 0.6 is 0 Å². The van der Waals surface area contributed by atoms with E-state index in [0.717, 1.165) is 6.54 Å². The number of nitrogens with zero attached hydrogens (tertiary/aromatic N) is 1. The molecule has 2 heterocycles. The second kappa shape index (κ2) is 5.77. The van der Waals surface area contributed by atoms with Crippen LogP contribution in [0.3, 0.4) is 0 Å². The van der Waals surface area contributed by atoms with Crippen LogP contribution in [0.25, 0.3) is 0 Å². The number of hydrogen-bond donors (Lipinski definition) is 1. The van der Waals surface area contributed by atoms with Gasteiger partial charge in [0.05, 0.1) is 0 Å². The number of nitrogens with one attached hydrogen (secondary N) is 1. The summed E-state index contributed by atoms with van der Waals surface area (Å²) in [6, 6.07) is 8.81. The molecule has 0 saturated carbocycles. The summed E-state index contributed by atoms with van der Waals surface area (Å²) in [7, 11) is 0. The summed E-state index contributed by atoms with van der Waals surface area (Å²) in [4.78, 5) is 2.68. The van der Waals surface area contributed by atoms with Crippen molar-refractivity contribution >= 4 is 5.69 Å². The first kappa shape index (κ1) is 13.9. The summed E-state index contributed by atoms with van der Waals surface area (Å²) < 4.78 is 0. The first-order valence-corrected chi connectivity index (χ1v) is 8.25. The Kier molecular flexibility index (Phi) is 4.02. The maximum Gasteiger partial charge on any atom is 0.0376 e. The Morgan fingerprint density at radius 1 is 1.25 bits per heavy atom. The Morgan fingerprint density at radius 3 is 2.75 bits per heavy atom. The maximum absolute atomic E-state index is 3.54. The standard InChI is InChI=1S/C18H28N2/c1-3-18(2)9-12-20(13-10-18)11-8-15-14-19-17-7-5-4-6-16(15)17/h4-7,15,19H,3,8-14H2,1-2H3. The van der Waals surface area contributed by atoms with Gasteiger partial charge >= 0.3 is 0 Å². The van der Waals surface area contributed by atoms with Gasteiger partial charge in [-0.3, -0.25) is 0 Å². The lowest BCUT2D eigenvalue weighted by molar-refractivity contribution is 0.112.